The molecule has 0 atom stereocenters. The van der Waals surface area contributed by atoms with Crippen LogP contribution in [-0.4, -0.2) is 37.7 Å². The molecule has 8 aromatic carbocycles. The molecule has 0 heterocycles. The summed E-state index contributed by atoms with van der Waals surface area (Å²) in [6.45, 7) is 9.15. The lowest BCUT2D eigenvalue weighted by Crippen LogP contribution is -2.08. The van der Waals surface area contributed by atoms with Crippen LogP contribution in [0.1, 0.15) is 78.7 Å². The average Bonchev–Trinajstić information content (AvgIpc) is 3.44. The van der Waals surface area contributed by atoms with Crippen LogP contribution in [-0.2, 0) is 20.8 Å². The third-order valence-corrected chi connectivity index (χ3v) is 11.9. The number of benzene rings is 8. The van der Waals surface area contributed by atoms with E-state index in [-0.39, 0.29) is 11.9 Å². The zero-order chi connectivity index (χ0) is 52.2. The minimum atomic E-state index is -0.457. The number of hydrogen-bond donors (Lipinski definition) is 1. The van der Waals surface area contributed by atoms with Crippen LogP contribution >= 0.6 is 0 Å². The van der Waals surface area contributed by atoms with Crippen LogP contribution in [0.5, 0.6) is 11.5 Å². The number of hydrogen-bond acceptors (Lipinski definition) is 14. The van der Waals surface area contributed by atoms with Gasteiger partial charge < -0.3 is 24.3 Å². The number of carbonyl (C=O) groups excluding carboxylic acids is 3. The highest BCUT2D eigenvalue weighted by atomic mass is 16.5. The number of rotatable bonds is 24. The Bertz CT molecular complexity index is 3340. The summed E-state index contributed by atoms with van der Waals surface area (Å²) >= 11 is 0. The SMILES string of the molecule is C=C(C)C(=O)OCCCCCCOc1ccc(C(=O)Oc2ccc(CNc3ccc(/N=N/c4ccc(/N=N/c5ccc(/N=N/c6ccc(C(=O)OCCCC)cc6)cc5)c5ccccc45)c4ccccc34)cc2)cc1. The summed E-state index contributed by atoms with van der Waals surface area (Å²) in [5.41, 5.74) is 7.26. The first-order chi connectivity index (χ1) is 36.7. The number of nitrogens with one attached hydrogen (secondary N) is 1. The van der Waals surface area contributed by atoms with Gasteiger partial charge >= 0.3 is 17.9 Å². The van der Waals surface area contributed by atoms with Gasteiger partial charge in [0.15, 0.2) is 0 Å². The Balaban J connectivity index is 0.825. The molecule has 8 aromatic rings. The lowest BCUT2D eigenvalue weighted by atomic mass is 10.1. The molecule has 0 aliphatic rings. The Labute approximate surface area is 435 Å². The molecule has 0 aromatic heterocycles. The maximum atomic E-state index is 12.9. The van der Waals surface area contributed by atoms with Gasteiger partial charge in [-0.3, -0.25) is 0 Å². The molecule has 14 nitrogen and oxygen atoms in total. The number of ether oxygens (including phenoxy) is 4. The van der Waals surface area contributed by atoms with Crippen LogP contribution in [0, 0.1) is 0 Å². The zero-order valence-electron chi connectivity index (χ0n) is 42.0. The standard InChI is InChI=1S/C61H57N7O7/c1-4-5-38-74-60(70)44-20-24-46(25-21-44)63-64-47-26-28-48(29-27-47)65-66-56-36-37-58(54-17-11-10-16-53(54)56)68-67-57-35-34-55(51-14-8-9-15-52(51)57)62-41-43-18-30-50(31-19-43)75-61(71)45-22-32-49(33-23-45)72-39-12-6-7-13-40-73-59(69)42(2)3/h8-11,14-37,62H,2,4-7,12-13,38-41H2,1,3H3/b64-63+,66-65+,68-67+. The first kappa shape index (κ1) is 52.2. The number of unbranched alkanes of at least 4 members (excludes halogenated alkanes) is 4. The lowest BCUT2D eigenvalue weighted by Gasteiger charge is -2.12. The van der Waals surface area contributed by atoms with Crippen molar-refractivity contribution in [2.45, 2.75) is 58.9 Å². The summed E-state index contributed by atoms with van der Waals surface area (Å²) in [7, 11) is 0. The predicted octanol–water partition coefficient (Wildman–Crippen LogP) is 17.1. The summed E-state index contributed by atoms with van der Waals surface area (Å²) in [5.74, 6) is -0.0394. The van der Waals surface area contributed by atoms with E-state index in [4.69, 9.17) is 29.2 Å². The molecule has 0 amide bonds. The largest absolute Gasteiger partial charge is 0.494 e. The van der Waals surface area contributed by atoms with E-state index in [1.54, 1.807) is 67.6 Å². The van der Waals surface area contributed by atoms with Crippen molar-refractivity contribution in [3.8, 4) is 11.5 Å². The average molecular weight is 1000 g/mol. The molecule has 0 radical (unpaired) electrons. The highest BCUT2D eigenvalue weighted by Crippen LogP contribution is 2.38. The van der Waals surface area contributed by atoms with Gasteiger partial charge in [0.1, 0.15) is 11.5 Å². The Morgan fingerprint density at radius 2 is 0.933 bits per heavy atom. The minimum Gasteiger partial charge on any atom is -0.494 e. The van der Waals surface area contributed by atoms with Gasteiger partial charge in [0.05, 0.1) is 65.1 Å². The fourth-order valence-electron chi connectivity index (χ4n) is 7.71. The van der Waals surface area contributed by atoms with Crippen LogP contribution < -0.4 is 14.8 Å². The van der Waals surface area contributed by atoms with Crippen LogP contribution in [0.15, 0.2) is 213 Å². The second-order valence-electron chi connectivity index (χ2n) is 17.6. The molecule has 0 unspecified atom stereocenters. The monoisotopic (exact) mass is 999 g/mol. The van der Waals surface area contributed by atoms with Gasteiger partial charge in [0, 0.05) is 39.4 Å². The first-order valence-corrected chi connectivity index (χ1v) is 25.0. The van der Waals surface area contributed by atoms with Gasteiger partial charge in [-0.25, -0.2) is 14.4 Å². The molecule has 0 fully saturated rings. The Morgan fingerprint density at radius 1 is 0.467 bits per heavy atom. The second kappa shape index (κ2) is 26.5. The number of esters is 3. The van der Waals surface area contributed by atoms with E-state index in [1.807, 2.05) is 110 Å². The molecule has 0 aliphatic heterocycles. The third kappa shape index (κ3) is 15.0. The third-order valence-electron chi connectivity index (χ3n) is 11.9. The van der Waals surface area contributed by atoms with E-state index in [1.165, 1.54) is 0 Å². The lowest BCUT2D eigenvalue weighted by molar-refractivity contribution is -0.139. The van der Waals surface area contributed by atoms with Gasteiger partial charge in [0.2, 0.25) is 0 Å². The van der Waals surface area contributed by atoms with Crippen molar-refractivity contribution < 1.29 is 33.3 Å². The Hall–Kier alpha value is -9.17. The number of azo groups is 3. The summed E-state index contributed by atoms with van der Waals surface area (Å²) in [5, 5.41) is 34.5. The van der Waals surface area contributed by atoms with Crippen molar-refractivity contribution in [1.29, 1.82) is 0 Å². The quantitative estimate of drug-likeness (QED) is 0.0205. The molecular weight excluding hydrogens is 943 g/mol. The first-order valence-electron chi connectivity index (χ1n) is 25.0. The summed E-state index contributed by atoms with van der Waals surface area (Å²) in [4.78, 5) is 36.6. The molecule has 14 heteroatoms. The molecule has 8 rings (SSSR count). The number of carbonyl (C=O) groups is 3. The summed E-state index contributed by atoms with van der Waals surface area (Å²) in [6.07, 6.45) is 5.34. The molecule has 0 bridgehead atoms. The number of nitrogens with zero attached hydrogens (tertiary/aromatic N) is 6. The molecule has 75 heavy (non-hydrogen) atoms. The molecule has 0 aliphatic carbocycles. The van der Waals surface area contributed by atoms with Gasteiger partial charge in [-0.2, -0.15) is 15.3 Å². The smallest absolute Gasteiger partial charge is 0.343 e. The van der Waals surface area contributed by atoms with E-state index in [0.717, 1.165) is 77.0 Å². The van der Waals surface area contributed by atoms with Crippen molar-refractivity contribution in [2.75, 3.05) is 25.1 Å². The van der Waals surface area contributed by atoms with Crippen molar-refractivity contribution in [3.63, 3.8) is 0 Å². The predicted molar refractivity (Wildman–Crippen MR) is 293 cm³/mol. The molecule has 0 saturated heterocycles. The zero-order valence-corrected chi connectivity index (χ0v) is 42.0. The molecule has 1 N–H and O–H groups in total. The second-order valence-corrected chi connectivity index (χ2v) is 17.6. The van der Waals surface area contributed by atoms with Crippen LogP contribution in [0.3, 0.4) is 0 Å². The highest BCUT2D eigenvalue weighted by molar-refractivity contribution is 6.02. The van der Waals surface area contributed by atoms with E-state index >= 15 is 0 Å². The van der Waals surface area contributed by atoms with Gasteiger partial charge in [-0.15, -0.1) is 15.3 Å². The van der Waals surface area contributed by atoms with Crippen molar-refractivity contribution >= 4 is 79.3 Å². The Morgan fingerprint density at radius 3 is 1.52 bits per heavy atom. The number of anilines is 1. The Kier molecular flexibility index (Phi) is 18.4. The minimum absolute atomic E-state index is 0.346. The fraction of sp³-hybridized carbons (Fsp3) is 0.197. The van der Waals surface area contributed by atoms with Crippen LogP contribution in [0.4, 0.5) is 39.8 Å². The van der Waals surface area contributed by atoms with Gasteiger partial charge in [-0.05, 0) is 154 Å². The van der Waals surface area contributed by atoms with Gasteiger partial charge in [0.25, 0.3) is 0 Å². The maximum Gasteiger partial charge on any atom is 0.343 e. The van der Waals surface area contributed by atoms with Crippen molar-refractivity contribution in [2.24, 2.45) is 30.7 Å². The van der Waals surface area contributed by atoms with Crippen molar-refractivity contribution in [1.82, 2.24) is 0 Å². The van der Waals surface area contributed by atoms with Crippen LogP contribution in [0.25, 0.3) is 21.5 Å². The topological polar surface area (TPSA) is 174 Å². The molecule has 0 spiro atoms. The summed E-state index contributed by atoms with van der Waals surface area (Å²) < 4.78 is 21.9. The molecule has 378 valence electrons. The van der Waals surface area contributed by atoms with Crippen LogP contribution in [0.2, 0.25) is 0 Å². The van der Waals surface area contributed by atoms with E-state index in [2.05, 4.69) is 38.4 Å². The summed E-state index contributed by atoms with van der Waals surface area (Å²) in [6, 6.07) is 52.1. The fourth-order valence-corrected chi connectivity index (χ4v) is 7.71. The normalized spacial score (nSPS) is 11.4. The molecule has 0 saturated carbocycles. The maximum absolute atomic E-state index is 12.9. The highest BCUT2D eigenvalue weighted by Gasteiger charge is 2.12. The van der Waals surface area contributed by atoms with Gasteiger partial charge in [-0.1, -0.05) is 80.6 Å². The van der Waals surface area contributed by atoms with E-state index < -0.39 is 5.97 Å². The van der Waals surface area contributed by atoms with E-state index in [0.29, 0.717) is 83.0 Å². The molecular formula is C61H57N7O7. The van der Waals surface area contributed by atoms with E-state index in [9.17, 15) is 14.4 Å². The van der Waals surface area contributed by atoms with Crippen molar-refractivity contribution in [3.05, 3.63) is 199 Å². The number of fused-ring (bicyclic) bond motifs is 2.